The van der Waals surface area contributed by atoms with Crippen LogP contribution in [0.5, 0.6) is 5.75 Å². The van der Waals surface area contributed by atoms with E-state index in [1.165, 1.54) is 24.0 Å². The van der Waals surface area contributed by atoms with Crippen molar-refractivity contribution >= 4 is 98.6 Å². The van der Waals surface area contributed by atoms with Gasteiger partial charge in [0.05, 0.1) is 63.0 Å². The zero-order chi connectivity index (χ0) is 66.6. The molecule has 92 heavy (non-hydrogen) atoms. The van der Waals surface area contributed by atoms with Crippen LogP contribution in [-0.2, 0) is 44.8 Å². The number of aromatic nitrogens is 1. The Bertz CT molecular complexity index is 2990. The van der Waals surface area contributed by atoms with Gasteiger partial charge in [0.2, 0.25) is 23.6 Å². The third-order valence-electron chi connectivity index (χ3n) is 15.8. The molecule has 3 atom stereocenters. The summed E-state index contributed by atoms with van der Waals surface area (Å²) in [5.74, 6) is -8.53. The number of aliphatic hydroxyl groups is 1. The molecule has 27 nitrogen and oxygen atoms in total. The molecular formula is C61H84F2IN13O14S. The summed E-state index contributed by atoms with van der Waals surface area (Å²) in [4.78, 5) is 131. The second kappa shape index (κ2) is 38.3. The highest BCUT2D eigenvalue weighted by molar-refractivity contribution is 14.1. The van der Waals surface area contributed by atoms with Gasteiger partial charge in [-0.2, -0.15) is 17.0 Å². The van der Waals surface area contributed by atoms with Crippen molar-refractivity contribution in [1.29, 1.82) is 5.26 Å². The number of alkyl halides is 2. The lowest BCUT2D eigenvalue weighted by Gasteiger charge is -2.35. The molecule has 3 aliphatic rings. The van der Waals surface area contributed by atoms with E-state index in [1.54, 1.807) is 48.8 Å². The molecule has 3 saturated heterocycles. The van der Waals surface area contributed by atoms with Crippen LogP contribution in [0, 0.1) is 14.9 Å². The summed E-state index contributed by atoms with van der Waals surface area (Å²) in [5, 5.41) is 60.5. The monoisotopic (exact) mass is 1420 g/mol. The predicted octanol–water partition coefficient (Wildman–Crippen LogP) is 0.722. The number of piperazine rings is 1. The number of unbranched alkanes of at least 4 members (excludes halogenated alkanes) is 1. The molecule has 6 amide bonds. The number of halogens is 3. The number of hydrogen-bond acceptors (Lipinski definition) is 19. The first-order chi connectivity index (χ1) is 44.0. The van der Waals surface area contributed by atoms with E-state index < -0.39 is 91.1 Å². The van der Waals surface area contributed by atoms with Gasteiger partial charge in [0, 0.05) is 131 Å². The van der Waals surface area contributed by atoms with Crippen LogP contribution in [-0.4, -0.2) is 293 Å². The first-order valence-electron chi connectivity index (χ1n) is 30.8. The third-order valence-corrected chi connectivity index (χ3v) is 17.6. The van der Waals surface area contributed by atoms with Crippen molar-refractivity contribution in [3.05, 3.63) is 69.4 Å². The van der Waals surface area contributed by atoms with E-state index in [0.717, 1.165) is 33.4 Å². The van der Waals surface area contributed by atoms with Crippen molar-refractivity contribution in [1.82, 2.24) is 60.6 Å². The number of fused-ring (bicyclic) bond motifs is 1. The highest BCUT2D eigenvalue weighted by Gasteiger charge is 2.47. The molecule has 6 rings (SSSR count). The van der Waals surface area contributed by atoms with Gasteiger partial charge in [0.1, 0.15) is 23.9 Å². The first-order valence-corrected chi connectivity index (χ1v) is 33.0. The van der Waals surface area contributed by atoms with E-state index >= 15 is 0 Å². The second-order valence-corrected chi connectivity index (χ2v) is 25.3. The quantitative estimate of drug-likeness (QED) is 0.0308. The Hall–Kier alpha value is -6.93. The number of thioether (sulfide) groups is 1. The average molecular weight is 1420 g/mol. The van der Waals surface area contributed by atoms with Gasteiger partial charge in [-0.25, -0.2) is 8.78 Å². The molecule has 0 radical (unpaired) electrons. The molecule has 3 aromatic rings. The van der Waals surface area contributed by atoms with E-state index in [-0.39, 0.29) is 115 Å². The maximum absolute atomic E-state index is 13.9. The van der Waals surface area contributed by atoms with Crippen LogP contribution < -0.4 is 26.0 Å². The minimum Gasteiger partial charge on any atom is -0.494 e. The highest BCUT2D eigenvalue weighted by Crippen LogP contribution is 2.32. The minimum atomic E-state index is -3.18. The number of benzene rings is 2. The number of likely N-dealkylation sites (tertiary alicyclic amines) is 1. The highest BCUT2D eigenvalue weighted by atomic mass is 127. The van der Waals surface area contributed by atoms with Crippen LogP contribution in [0.15, 0.2) is 54.7 Å². The number of aliphatic carboxylic acids is 3. The van der Waals surface area contributed by atoms with Gasteiger partial charge in [-0.15, -0.1) is 0 Å². The summed E-state index contributed by atoms with van der Waals surface area (Å²) >= 11 is 3.50. The minimum absolute atomic E-state index is 0.0715. The number of aryl methyl sites for hydroxylation is 1. The number of ether oxygens (including phenoxy) is 1. The van der Waals surface area contributed by atoms with E-state index in [1.807, 2.05) is 24.3 Å². The number of carbonyl (C=O) groups excluding carboxylic acids is 6. The molecule has 0 unspecified atom stereocenters. The summed E-state index contributed by atoms with van der Waals surface area (Å²) in [5.41, 5.74) is 1.82. The van der Waals surface area contributed by atoms with E-state index in [0.29, 0.717) is 80.9 Å². The number of carbonyl (C=O) groups is 9. The lowest BCUT2D eigenvalue weighted by Crippen LogP contribution is -2.52. The van der Waals surface area contributed by atoms with Crippen molar-refractivity contribution in [2.45, 2.75) is 75.5 Å². The number of nitrogens with zero attached hydrogens (tertiary/aromatic N) is 9. The zero-order valence-corrected chi connectivity index (χ0v) is 54.5. The predicted molar refractivity (Wildman–Crippen MR) is 344 cm³/mol. The lowest BCUT2D eigenvalue weighted by molar-refractivity contribution is -0.141. The van der Waals surface area contributed by atoms with E-state index in [2.05, 4.69) is 53.7 Å². The van der Waals surface area contributed by atoms with Crippen molar-refractivity contribution < 1.29 is 77.1 Å². The number of aliphatic hydroxyl groups excluding tert-OH is 1. The Morgan fingerprint density at radius 3 is 1.95 bits per heavy atom. The van der Waals surface area contributed by atoms with Crippen LogP contribution in [0.25, 0.3) is 10.9 Å². The molecule has 8 N–H and O–H groups in total. The van der Waals surface area contributed by atoms with Gasteiger partial charge >= 0.3 is 17.9 Å². The molecule has 0 spiro atoms. The number of pyridine rings is 1. The number of nitrogens with one attached hydrogen (secondary N) is 4. The summed E-state index contributed by atoms with van der Waals surface area (Å²) in [6, 6.07) is 14.0. The first kappa shape index (κ1) is 74.1. The van der Waals surface area contributed by atoms with E-state index in [9.17, 15) is 77.6 Å². The van der Waals surface area contributed by atoms with Gasteiger partial charge in [0.15, 0.2) is 0 Å². The molecule has 1 aromatic heterocycles. The Kier molecular flexibility index (Phi) is 30.9. The van der Waals surface area contributed by atoms with Gasteiger partial charge in [0.25, 0.3) is 17.7 Å². The topological polar surface area (TPSA) is 351 Å². The fourth-order valence-corrected chi connectivity index (χ4v) is 12.0. The van der Waals surface area contributed by atoms with Crippen LogP contribution in [0.1, 0.15) is 60.9 Å². The normalized spacial score (nSPS) is 17.9. The standard InChI is InChI=1S/C61H84F2IN13O14S/c62-61(63)34-45(35-65)77(42-61)54(81)36-69-58(88)47-14-16-66-49-13-12-46(33-48(47)49)91-31-2-1-18-71-27-29-76(30-28-71)60(90)51(78)41-92-32-17-68-59(89)50(6-4-15-67-52(79)7-3-5-43-8-10-44(64)11-9-43)70-53(80)37-72-19-21-73(38-55(82)83)23-25-75(40-57(86)87)26-24-74(22-20-72)39-56(84)85/h8-14,16,33,45,50-51,78H,1-7,15,17-32,34,36-42H2,(H,67,79)(H,68,89)(H,69,88)(H,70,80)(H,82,83)(H,84,85)(H,86,87)/t45-,50+,51-/m1/s1. The number of amides is 6. The summed E-state index contributed by atoms with van der Waals surface area (Å²) < 4.78 is 34.9. The largest absolute Gasteiger partial charge is 0.494 e. The Labute approximate surface area is 551 Å². The number of hydrogen-bond donors (Lipinski definition) is 8. The molecule has 2 aromatic carbocycles. The summed E-state index contributed by atoms with van der Waals surface area (Å²) in [6.45, 7) is 2.41. The molecule has 31 heteroatoms. The average Bonchev–Trinajstić information content (AvgIpc) is 1.16. The zero-order valence-electron chi connectivity index (χ0n) is 51.5. The van der Waals surface area contributed by atoms with Gasteiger partial charge in [-0.1, -0.05) is 12.1 Å². The fourth-order valence-electron chi connectivity index (χ4n) is 10.8. The summed E-state index contributed by atoms with van der Waals surface area (Å²) in [7, 11) is 0. The number of nitriles is 1. The third kappa shape index (κ3) is 26.2. The van der Waals surface area contributed by atoms with E-state index in [4.69, 9.17) is 4.74 Å². The Morgan fingerprint density at radius 1 is 0.728 bits per heavy atom. The number of carboxylic acids is 3. The fraction of sp³-hybridized carbons (Fsp3) is 0.590. The Morgan fingerprint density at radius 2 is 1.34 bits per heavy atom. The second-order valence-electron chi connectivity index (χ2n) is 22.9. The Balaban J connectivity index is 0.923. The lowest BCUT2D eigenvalue weighted by atomic mass is 10.1. The number of carboxylic acid groups (broad SMARTS) is 3. The van der Waals surface area contributed by atoms with Gasteiger partial charge < -0.3 is 56.2 Å². The molecule has 0 bridgehead atoms. The maximum atomic E-state index is 13.9. The van der Waals surface area contributed by atoms with Crippen LogP contribution in [0.2, 0.25) is 0 Å². The van der Waals surface area contributed by atoms with Crippen molar-refractivity contribution in [3.63, 3.8) is 0 Å². The molecule has 0 aliphatic carbocycles. The SMILES string of the molecule is N#C[C@H]1CC(F)(F)CN1C(=O)CNC(=O)c1ccnc2ccc(OCCCCN3CCN(C(=O)[C@H](O)CSCCNC(=O)[C@H](CCCNC(=O)CCCc4ccc(I)cc4)NC(=O)CN4CCN(CC(=O)O)CCN(CC(=O)O)CCN(CC(=O)O)CC4)CC3)cc12. The molecule has 3 fully saturated rings. The molecular weight excluding hydrogens is 1340 g/mol. The molecule has 504 valence electrons. The van der Waals surface area contributed by atoms with Crippen LogP contribution in [0.3, 0.4) is 0 Å². The van der Waals surface area contributed by atoms with Gasteiger partial charge in [-0.05, 0) is 110 Å². The van der Waals surface area contributed by atoms with Crippen molar-refractivity contribution in [3.8, 4) is 11.8 Å². The molecule has 3 aliphatic heterocycles. The van der Waals surface area contributed by atoms with Crippen LogP contribution >= 0.6 is 34.4 Å². The van der Waals surface area contributed by atoms with Crippen LogP contribution in [0.4, 0.5) is 8.78 Å². The smallest absolute Gasteiger partial charge is 0.317 e. The maximum Gasteiger partial charge on any atom is 0.317 e. The summed E-state index contributed by atoms with van der Waals surface area (Å²) in [6.07, 6.45) is 3.03. The molecule has 0 saturated carbocycles. The van der Waals surface area contributed by atoms with Crippen molar-refractivity contribution in [2.75, 3.05) is 156 Å². The van der Waals surface area contributed by atoms with Gasteiger partial charge in [-0.3, -0.25) is 72.6 Å². The van der Waals surface area contributed by atoms with Crippen molar-refractivity contribution in [2.24, 2.45) is 0 Å². The molecule has 4 heterocycles. The number of rotatable bonds is 33.